The van der Waals surface area contributed by atoms with Crippen molar-refractivity contribution in [2.75, 3.05) is 19.7 Å². The highest BCUT2D eigenvalue weighted by molar-refractivity contribution is 5.74. The van der Waals surface area contributed by atoms with Crippen LogP contribution in [0.1, 0.15) is 56.6 Å². The van der Waals surface area contributed by atoms with Gasteiger partial charge in [-0.05, 0) is 49.9 Å². The van der Waals surface area contributed by atoms with Crippen LogP contribution in [-0.2, 0) is 13.1 Å². The molecule has 1 saturated heterocycles. The molecule has 1 aromatic rings. The van der Waals surface area contributed by atoms with Crippen molar-refractivity contribution >= 4 is 6.03 Å². The quantitative estimate of drug-likeness (QED) is 0.677. The first-order valence-corrected chi connectivity index (χ1v) is 9.66. The zero-order valence-corrected chi connectivity index (χ0v) is 15.5. The van der Waals surface area contributed by atoms with Crippen LogP contribution in [0.5, 0.6) is 0 Å². The second-order valence-electron chi connectivity index (χ2n) is 6.95. The third-order valence-electron chi connectivity index (χ3n) is 4.89. The van der Waals surface area contributed by atoms with E-state index in [1.165, 1.54) is 44.3 Å². The summed E-state index contributed by atoms with van der Waals surface area (Å²) in [4.78, 5) is 14.5. The fourth-order valence-corrected chi connectivity index (χ4v) is 3.27. The summed E-state index contributed by atoms with van der Waals surface area (Å²) < 4.78 is 0. The number of nitrogens with one attached hydrogen (secondary N) is 2. The highest BCUT2D eigenvalue weighted by Gasteiger charge is 2.10. The third kappa shape index (κ3) is 7.45. The Balaban J connectivity index is 1.74. The van der Waals surface area contributed by atoms with Gasteiger partial charge in [0, 0.05) is 25.7 Å². The molecule has 1 heterocycles. The lowest BCUT2D eigenvalue weighted by Gasteiger charge is -2.20. The maximum atomic E-state index is 11.9. The van der Waals surface area contributed by atoms with Gasteiger partial charge in [-0.25, -0.2) is 4.79 Å². The molecule has 1 unspecified atom stereocenters. The van der Waals surface area contributed by atoms with Crippen molar-refractivity contribution in [3.63, 3.8) is 0 Å². The minimum absolute atomic E-state index is 0.0287. The predicted octanol–water partition coefficient (Wildman–Crippen LogP) is 3.02. The maximum absolute atomic E-state index is 11.9. The van der Waals surface area contributed by atoms with E-state index in [1.807, 2.05) is 6.92 Å². The SMILES string of the molecule is CCC(CCO)NC(=O)NCc1ccc(CN2CCCCCC2)cc1. The van der Waals surface area contributed by atoms with Gasteiger partial charge in [0.15, 0.2) is 0 Å². The number of amides is 2. The lowest BCUT2D eigenvalue weighted by atomic mass is 10.1. The Kier molecular flexibility index (Phi) is 8.77. The summed E-state index contributed by atoms with van der Waals surface area (Å²) in [6, 6.07) is 8.38. The number of likely N-dealkylation sites (tertiary alicyclic amines) is 1. The van der Waals surface area contributed by atoms with Crippen molar-refractivity contribution in [2.24, 2.45) is 0 Å². The summed E-state index contributed by atoms with van der Waals surface area (Å²) in [5.74, 6) is 0. The Labute approximate surface area is 151 Å². The lowest BCUT2D eigenvalue weighted by Crippen LogP contribution is -2.41. The predicted molar refractivity (Wildman–Crippen MR) is 101 cm³/mol. The summed E-state index contributed by atoms with van der Waals surface area (Å²) in [7, 11) is 0. The number of hydrogen-bond acceptors (Lipinski definition) is 3. The summed E-state index contributed by atoms with van der Waals surface area (Å²) in [5.41, 5.74) is 2.44. The molecule has 1 aliphatic heterocycles. The third-order valence-corrected chi connectivity index (χ3v) is 4.89. The van der Waals surface area contributed by atoms with Crippen LogP contribution < -0.4 is 10.6 Å². The van der Waals surface area contributed by atoms with Crippen molar-refractivity contribution in [3.8, 4) is 0 Å². The van der Waals surface area contributed by atoms with Crippen LogP contribution in [0.25, 0.3) is 0 Å². The zero-order valence-electron chi connectivity index (χ0n) is 15.5. The van der Waals surface area contributed by atoms with E-state index in [9.17, 15) is 4.79 Å². The summed E-state index contributed by atoms with van der Waals surface area (Å²) in [6.45, 7) is 6.05. The van der Waals surface area contributed by atoms with Crippen LogP contribution in [0.2, 0.25) is 0 Å². The number of nitrogens with zero attached hydrogens (tertiary/aromatic N) is 1. The number of rotatable bonds is 8. The second-order valence-corrected chi connectivity index (χ2v) is 6.95. The first kappa shape index (κ1) is 19.7. The maximum Gasteiger partial charge on any atom is 0.315 e. The van der Waals surface area contributed by atoms with Crippen molar-refractivity contribution in [1.82, 2.24) is 15.5 Å². The molecule has 25 heavy (non-hydrogen) atoms. The topological polar surface area (TPSA) is 64.6 Å². The number of aliphatic hydroxyl groups is 1. The van der Waals surface area contributed by atoms with Gasteiger partial charge < -0.3 is 15.7 Å². The summed E-state index contributed by atoms with van der Waals surface area (Å²) in [5, 5.41) is 14.8. The Hall–Kier alpha value is -1.59. The number of carbonyl (C=O) groups excluding carboxylic acids is 1. The fraction of sp³-hybridized carbons (Fsp3) is 0.650. The fourth-order valence-electron chi connectivity index (χ4n) is 3.27. The number of aliphatic hydroxyl groups excluding tert-OH is 1. The van der Waals surface area contributed by atoms with E-state index in [4.69, 9.17) is 5.11 Å². The molecule has 140 valence electrons. The molecule has 0 aliphatic carbocycles. The molecule has 1 aromatic carbocycles. The molecule has 0 aromatic heterocycles. The minimum Gasteiger partial charge on any atom is -0.396 e. The molecule has 2 amide bonds. The van der Waals surface area contributed by atoms with Gasteiger partial charge in [-0.15, -0.1) is 0 Å². The van der Waals surface area contributed by atoms with E-state index in [-0.39, 0.29) is 18.7 Å². The van der Waals surface area contributed by atoms with E-state index < -0.39 is 0 Å². The average molecular weight is 348 g/mol. The second kappa shape index (κ2) is 11.1. The highest BCUT2D eigenvalue weighted by Crippen LogP contribution is 2.14. The minimum atomic E-state index is -0.172. The van der Waals surface area contributed by atoms with Gasteiger partial charge in [0.2, 0.25) is 0 Å². The van der Waals surface area contributed by atoms with Crippen LogP contribution >= 0.6 is 0 Å². The average Bonchev–Trinajstić information content (AvgIpc) is 2.89. The van der Waals surface area contributed by atoms with Crippen molar-refractivity contribution < 1.29 is 9.90 Å². The highest BCUT2D eigenvalue weighted by atomic mass is 16.3. The van der Waals surface area contributed by atoms with Crippen molar-refractivity contribution in [3.05, 3.63) is 35.4 Å². The van der Waals surface area contributed by atoms with Crippen molar-refractivity contribution in [1.29, 1.82) is 0 Å². The molecule has 3 N–H and O–H groups in total. The first-order chi connectivity index (χ1) is 12.2. The summed E-state index contributed by atoms with van der Waals surface area (Å²) >= 11 is 0. The Morgan fingerprint density at radius 1 is 1.12 bits per heavy atom. The molecular weight excluding hydrogens is 314 g/mol. The Morgan fingerprint density at radius 3 is 2.36 bits per heavy atom. The van der Waals surface area contributed by atoms with E-state index in [0.717, 1.165) is 18.5 Å². The normalized spacial score (nSPS) is 16.9. The van der Waals surface area contributed by atoms with Crippen molar-refractivity contribution in [2.45, 2.75) is 64.6 Å². The Bertz CT molecular complexity index is 496. The molecule has 0 radical (unpaired) electrons. The van der Waals surface area contributed by atoms with Gasteiger partial charge in [0.1, 0.15) is 0 Å². The number of benzene rings is 1. The van der Waals surface area contributed by atoms with Crippen LogP contribution in [0.15, 0.2) is 24.3 Å². The monoisotopic (exact) mass is 347 g/mol. The number of hydrogen-bond donors (Lipinski definition) is 3. The largest absolute Gasteiger partial charge is 0.396 e. The molecule has 1 fully saturated rings. The van der Waals surface area contributed by atoms with E-state index in [1.54, 1.807) is 0 Å². The molecule has 0 bridgehead atoms. The van der Waals surface area contributed by atoms with Crippen LogP contribution in [0.3, 0.4) is 0 Å². The Morgan fingerprint density at radius 2 is 1.76 bits per heavy atom. The van der Waals surface area contributed by atoms with Gasteiger partial charge in [-0.2, -0.15) is 0 Å². The standard InChI is InChI=1S/C20H33N3O2/c1-2-19(11-14-24)22-20(25)21-15-17-7-9-18(10-8-17)16-23-12-5-3-4-6-13-23/h7-10,19,24H,2-6,11-16H2,1H3,(H2,21,22,25). The summed E-state index contributed by atoms with van der Waals surface area (Å²) in [6.07, 6.45) is 6.76. The van der Waals surface area contributed by atoms with Gasteiger partial charge >= 0.3 is 6.03 Å². The van der Waals surface area contributed by atoms with Crippen LogP contribution in [0, 0.1) is 0 Å². The lowest BCUT2D eigenvalue weighted by molar-refractivity contribution is 0.227. The zero-order chi connectivity index (χ0) is 17.9. The molecular formula is C20H33N3O2. The van der Waals surface area contributed by atoms with E-state index >= 15 is 0 Å². The first-order valence-electron chi connectivity index (χ1n) is 9.66. The van der Waals surface area contributed by atoms with E-state index in [0.29, 0.717) is 13.0 Å². The van der Waals surface area contributed by atoms with Gasteiger partial charge in [0.25, 0.3) is 0 Å². The van der Waals surface area contributed by atoms with Gasteiger partial charge in [0.05, 0.1) is 0 Å². The molecule has 0 saturated carbocycles. The molecule has 5 nitrogen and oxygen atoms in total. The van der Waals surface area contributed by atoms with Crippen LogP contribution in [-0.4, -0.2) is 41.8 Å². The van der Waals surface area contributed by atoms with Gasteiger partial charge in [-0.1, -0.05) is 44.0 Å². The number of urea groups is 1. The van der Waals surface area contributed by atoms with Crippen LogP contribution in [0.4, 0.5) is 4.79 Å². The molecule has 1 aliphatic rings. The van der Waals surface area contributed by atoms with E-state index in [2.05, 4.69) is 39.8 Å². The molecule has 0 spiro atoms. The smallest absolute Gasteiger partial charge is 0.315 e. The number of carbonyl (C=O) groups is 1. The molecule has 5 heteroatoms. The molecule has 1 atom stereocenters. The van der Waals surface area contributed by atoms with Gasteiger partial charge in [-0.3, -0.25) is 4.90 Å². The molecule has 2 rings (SSSR count).